The fraction of sp³-hybridized carbons (Fsp3) is 0.0952. The zero-order chi connectivity index (χ0) is 21.7. The summed E-state index contributed by atoms with van der Waals surface area (Å²) in [6.07, 6.45) is 3.10. The Labute approximate surface area is 178 Å². The number of nitrogens with zero attached hydrogens (tertiary/aromatic N) is 4. The van der Waals surface area contributed by atoms with Gasteiger partial charge in [-0.15, -0.1) is 0 Å². The summed E-state index contributed by atoms with van der Waals surface area (Å²) in [5, 5.41) is 13.5. The monoisotopic (exact) mass is 434 g/mol. The minimum atomic E-state index is -1.24. The summed E-state index contributed by atoms with van der Waals surface area (Å²) >= 11 is 0. The first kappa shape index (κ1) is 18.9. The molecule has 1 aliphatic heterocycles. The number of urea groups is 1. The van der Waals surface area contributed by atoms with Crippen LogP contribution < -0.4 is 15.0 Å². The number of aromatic nitrogens is 3. The Hall–Kier alpha value is -4.05. The number of aryl methyl sites for hydroxylation is 2. The molecule has 0 spiro atoms. The summed E-state index contributed by atoms with van der Waals surface area (Å²) in [5.74, 6) is 0.784. The number of carbonyl (C=O) groups excluding carboxylic acids is 1. The highest BCUT2D eigenvalue weighted by atomic mass is 32.2. The molecule has 0 saturated carbocycles. The smallest absolute Gasteiger partial charge is 0.437 e. The average molecular weight is 434 g/mol. The van der Waals surface area contributed by atoms with Crippen molar-refractivity contribution in [2.75, 3.05) is 10.2 Å². The standard InChI is InChI=1S/C21H15N5O4S/c1-11-4-3-5-16(24-11)30-15-7-9-22-12(2)18(15)26-14-6-8-23-19-17(14)13(25-20(26)27)10-31(19)21(28)29/h3-10H,1-2H3,(H-,25,27,28,29)/p+1. The number of amides is 2. The summed E-state index contributed by atoms with van der Waals surface area (Å²) in [6.45, 7) is 3.63. The molecule has 2 amide bonds. The summed E-state index contributed by atoms with van der Waals surface area (Å²) < 4.78 is 6.02. The van der Waals surface area contributed by atoms with Gasteiger partial charge in [-0.05, 0) is 26.0 Å². The summed E-state index contributed by atoms with van der Waals surface area (Å²) in [4.78, 5) is 39.7. The van der Waals surface area contributed by atoms with E-state index in [0.717, 1.165) is 5.69 Å². The van der Waals surface area contributed by atoms with Crippen LogP contribution in [0.3, 0.4) is 0 Å². The van der Waals surface area contributed by atoms with Crippen molar-refractivity contribution in [2.24, 2.45) is 0 Å². The SMILES string of the molecule is Cc1cccc(Oc2ccnc(C)c2N2C(=O)Nc3c[s+](C(=O)O)c4nccc2c34)n1. The van der Waals surface area contributed by atoms with Gasteiger partial charge >= 0.3 is 11.3 Å². The normalized spacial score (nSPS) is 13.3. The van der Waals surface area contributed by atoms with Crippen LogP contribution in [0, 0.1) is 13.8 Å². The number of pyridine rings is 3. The second-order valence-electron chi connectivity index (χ2n) is 6.87. The minimum absolute atomic E-state index is 0.386. The Kier molecular flexibility index (Phi) is 4.29. The summed E-state index contributed by atoms with van der Waals surface area (Å²) in [5.41, 5.74) is 2.78. The molecule has 0 bridgehead atoms. The van der Waals surface area contributed by atoms with Crippen LogP contribution in [-0.4, -0.2) is 31.4 Å². The molecular formula is C21H16N5O4S+. The van der Waals surface area contributed by atoms with Gasteiger partial charge in [-0.25, -0.2) is 14.8 Å². The molecule has 9 nitrogen and oxygen atoms in total. The van der Waals surface area contributed by atoms with Crippen LogP contribution in [0.5, 0.6) is 11.6 Å². The predicted octanol–water partition coefficient (Wildman–Crippen LogP) is 5.39. The lowest BCUT2D eigenvalue weighted by Gasteiger charge is -2.29. The van der Waals surface area contributed by atoms with Crippen LogP contribution >= 0.6 is 10.5 Å². The molecule has 10 heteroatoms. The number of carboxylic acid groups (broad SMARTS) is 1. The Morgan fingerprint density at radius 1 is 1.16 bits per heavy atom. The zero-order valence-electron chi connectivity index (χ0n) is 16.5. The highest BCUT2D eigenvalue weighted by Crippen LogP contribution is 2.49. The lowest BCUT2D eigenvalue weighted by atomic mass is 10.1. The maximum Gasteiger partial charge on any atom is 0.554 e. The van der Waals surface area contributed by atoms with Gasteiger partial charge in [0.05, 0.1) is 11.4 Å². The predicted molar refractivity (Wildman–Crippen MR) is 117 cm³/mol. The molecule has 2 N–H and O–H groups in total. The van der Waals surface area contributed by atoms with Gasteiger partial charge in [0.15, 0.2) is 11.1 Å². The molecule has 4 aromatic heterocycles. The van der Waals surface area contributed by atoms with Gasteiger partial charge in [0.2, 0.25) is 5.88 Å². The minimum Gasteiger partial charge on any atom is -0.437 e. The average Bonchev–Trinajstić information content (AvgIpc) is 3.10. The second-order valence-corrected chi connectivity index (χ2v) is 8.52. The molecule has 4 aromatic rings. The molecule has 5 heterocycles. The van der Waals surface area contributed by atoms with E-state index >= 15 is 0 Å². The van der Waals surface area contributed by atoms with Crippen molar-refractivity contribution < 1.29 is 19.4 Å². The van der Waals surface area contributed by atoms with Crippen LogP contribution in [0.1, 0.15) is 11.4 Å². The third-order valence-corrected chi connectivity index (χ3v) is 6.43. The molecule has 0 saturated heterocycles. The molecule has 5 rings (SSSR count). The molecule has 0 radical (unpaired) electrons. The van der Waals surface area contributed by atoms with Crippen molar-refractivity contribution >= 4 is 49.1 Å². The lowest BCUT2D eigenvalue weighted by Crippen LogP contribution is -2.34. The van der Waals surface area contributed by atoms with Crippen LogP contribution in [0.2, 0.25) is 0 Å². The van der Waals surface area contributed by atoms with Gasteiger partial charge in [0.25, 0.3) is 4.83 Å². The van der Waals surface area contributed by atoms with E-state index in [-0.39, 0.29) is 0 Å². The van der Waals surface area contributed by atoms with E-state index in [4.69, 9.17) is 4.74 Å². The Balaban J connectivity index is 1.70. The van der Waals surface area contributed by atoms with E-state index in [1.165, 1.54) is 16.5 Å². The molecule has 0 aromatic carbocycles. The highest BCUT2D eigenvalue weighted by Gasteiger charge is 2.38. The maximum absolute atomic E-state index is 13.1. The van der Waals surface area contributed by atoms with Crippen LogP contribution in [0.25, 0.3) is 10.2 Å². The Morgan fingerprint density at radius 2 is 1.97 bits per heavy atom. The molecule has 1 aliphatic rings. The zero-order valence-corrected chi connectivity index (χ0v) is 17.3. The van der Waals surface area contributed by atoms with Gasteiger partial charge in [-0.3, -0.25) is 9.88 Å². The van der Waals surface area contributed by atoms with E-state index in [2.05, 4.69) is 20.3 Å². The number of hydrogen-bond donors (Lipinski definition) is 2. The number of ether oxygens (including phenoxy) is 1. The van der Waals surface area contributed by atoms with Crippen molar-refractivity contribution in [1.29, 1.82) is 0 Å². The van der Waals surface area contributed by atoms with Gasteiger partial charge in [0, 0.05) is 30.2 Å². The number of thiophene rings is 1. The molecule has 31 heavy (non-hydrogen) atoms. The molecule has 1 unspecified atom stereocenters. The van der Waals surface area contributed by atoms with Gasteiger partial charge < -0.3 is 15.2 Å². The molecule has 0 aliphatic carbocycles. The quantitative estimate of drug-likeness (QED) is 0.413. The van der Waals surface area contributed by atoms with Crippen molar-refractivity contribution in [1.82, 2.24) is 15.0 Å². The molecular weight excluding hydrogens is 418 g/mol. The highest BCUT2D eigenvalue weighted by molar-refractivity contribution is 7.54. The van der Waals surface area contributed by atoms with E-state index in [1.54, 1.807) is 31.3 Å². The molecule has 154 valence electrons. The maximum atomic E-state index is 13.1. The molecule has 1 atom stereocenters. The Morgan fingerprint density at radius 3 is 2.74 bits per heavy atom. The van der Waals surface area contributed by atoms with Gasteiger partial charge in [-0.2, -0.15) is 4.79 Å². The summed E-state index contributed by atoms with van der Waals surface area (Å²) in [6, 6.07) is 8.32. The van der Waals surface area contributed by atoms with E-state index < -0.39 is 21.8 Å². The number of hydrogen-bond acceptors (Lipinski definition) is 6. The van der Waals surface area contributed by atoms with Gasteiger partial charge in [0.1, 0.15) is 27.2 Å². The van der Waals surface area contributed by atoms with Crippen molar-refractivity contribution in [3.05, 3.63) is 59.5 Å². The van der Waals surface area contributed by atoms with Crippen LogP contribution in [0.15, 0.2) is 48.1 Å². The third kappa shape index (κ3) is 3.04. The van der Waals surface area contributed by atoms with E-state index in [9.17, 15) is 14.7 Å². The third-order valence-electron chi connectivity index (χ3n) is 4.85. The number of nitrogens with one attached hydrogen (secondary N) is 1. The Bertz CT molecular complexity index is 1380. The fourth-order valence-electron chi connectivity index (χ4n) is 3.58. The number of anilines is 3. The first-order valence-corrected chi connectivity index (χ1v) is 10.6. The second kappa shape index (κ2) is 7.03. The van der Waals surface area contributed by atoms with Crippen molar-refractivity contribution in [2.45, 2.75) is 13.8 Å². The van der Waals surface area contributed by atoms with Crippen LogP contribution in [-0.2, 0) is 0 Å². The van der Waals surface area contributed by atoms with E-state index in [0.29, 0.717) is 44.6 Å². The van der Waals surface area contributed by atoms with Crippen LogP contribution in [0.4, 0.5) is 26.7 Å². The first-order chi connectivity index (χ1) is 14.9. The topological polar surface area (TPSA) is 118 Å². The largest absolute Gasteiger partial charge is 0.554 e. The van der Waals surface area contributed by atoms with Crippen molar-refractivity contribution in [3.63, 3.8) is 0 Å². The summed E-state index contributed by atoms with van der Waals surface area (Å²) in [7, 11) is -1.24. The fourth-order valence-corrected chi connectivity index (χ4v) is 4.98. The number of carbonyl (C=O) groups is 2. The van der Waals surface area contributed by atoms with E-state index in [1.807, 2.05) is 19.1 Å². The first-order valence-electron chi connectivity index (χ1n) is 9.29. The van der Waals surface area contributed by atoms with Gasteiger partial charge in [-0.1, -0.05) is 6.07 Å². The number of rotatable bonds is 4. The molecule has 0 fully saturated rings. The lowest BCUT2D eigenvalue weighted by molar-refractivity contribution is 0.221. The van der Waals surface area contributed by atoms with Crippen molar-refractivity contribution in [3.8, 4) is 11.6 Å².